The van der Waals surface area contributed by atoms with E-state index in [0.717, 1.165) is 19.4 Å². The van der Waals surface area contributed by atoms with E-state index in [1.807, 2.05) is 20.8 Å². The predicted molar refractivity (Wildman–Crippen MR) is 93.7 cm³/mol. The number of hydrogen-bond donors (Lipinski definition) is 1. The molecule has 6 heteroatoms. The molecule has 1 aliphatic heterocycles. The number of benzene rings is 1. The van der Waals surface area contributed by atoms with Gasteiger partial charge in [-0.15, -0.1) is 0 Å². The Kier molecular flexibility index (Phi) is 6.42. The first-order valence-electron chi connectivity index (χ1n) is 8.62. The monoisotopic (exact) mass is 349 g/mol. The van der Waals surface area contributed by atoms with Crippen LogP contribution >= 0.6 is 0 Å². The minimum Gasteiger partial charge on any atom is -0.491 e. The number of ether oxygens (including phenoxy) is 3. The highest BCUT2D eigenvalue weighted by atomic mass is 16.5. The van der Waals surface area contributed by atoms with Crippen LogP contribution in [-0.4, -0.2) is 42.8 Å². The molecule has 0 bridgehead atoms. The lowest BCUT2D eigenvalue weighted by atomic mass is 10.1. The third-order valence-corrected chi connectivity index (χ3v) is 3.70. The maximum atomic E-state index is 12.1. The Hall–Kier alpha value is -2.08. The molecule has 1 saturated heterocycles. The van der Waals surface area contributed by atoms with Crippen LogP contribution in [0.15, 0.2) is 24.3 Å². The Bertz CT molecular complexity index is 585. The van der Waals surface area contributed by atoms with Crippen molar-refractivity contribution in [2.45, 2.75) is 58.3 Å². The number of hydrogen-bond acceptors (Lipinski definition) is 5. The highest BCUT2D eigenvalue weighted by molar-refractivity contribution is 5.92. The number of rotatable bonds is 6. The number of esters is 1. The van der Waals surface area contributed by atoms with Gasteiger partial charge >= 0.3 is 5.97 Å². The second-order valence-corrected chi connectivity index (χ2v) is 7.26. The van der Waals surface area contributed by atoms with Crippen LogP contribution in [0.4, 0.5) is 0 Å². The summed E-state index contributed by atoms with van der Waals surface area (Å²) in [6.45, 7) is 8.46. The molecule has 0 unspecified atom stereocenters. The summed E-state index contributed by atoms with van der Waals surface area (Å²) in [7, 11) is 0. The van der Waals surface area contributed by atoms with Gasteiger partial charge in [-0.3, -0.25) is 4.79 Å². The van der Waals surface area contributed by atoms with Crippen molar-refractivity contribution >= 4 is 11.9 Å². The van der Waals surface area contributed by atoms with E-state index in [1.54, 1.807) is 31.2 Å². The first-order chi connectivity index (χ1) is 11.7. The Morgan fingerprint density at radius 3 is 2.52 bits per heavy atom. The van der Waals surface area contributed by atoms with Gasteiger partial charge < -0.3 is 19.5 Å². The van der Waals surface area contributed by atoms with Crippen molar-refractivity contribution in [3.05, 3.63) is 29.8 Å². The summed E-state index contributed by atoms with van der Waals surface area (Å²) >= 11 is 0. The van der Waals surface area contributed by atoms with E-state index < -0.39 is 12.1 Å². The maximum absolute atomic E-state index is 12.1. The molecular weight excluding hydrogens is 322 g/mol. The quantitative estimate of drug-likeness (QED) is 0.800. The second-order valence-electron chi connectivity index (χ2n) is 7.26. The Morgan fingerprint density at radius 2 is 1.96 bits per heavy atom. The molecule has 1 aromatic carbocycles. The van der Waals surface area contributed by atoms with Crippen LogP contribution in [0, 0.1) is 0 Å². The molecule has 0 radical (unpaired) electrons. The van der Waals surface area contributed by atoms with Crippen LogP contribution in [0.2, 0.25) is 0 Å². The van der Waals surface area contributed by atoms with Crippen molar-refractivity contribution in [3.63, 3.8) is 0 Å². The zero-order valence-corrected chi connectivity index (χ0v) is 15.3. The van der Waals surface area contributed by atoms with E-state index in [4.69, 9.17) is 14.2 Å². The molecule has 1 aliphatic rings. The van der Waals surface area contributed by atoms with E-state index in [2.05, 4.69) is 5.32 Å². The number of carbonyl (C=O) groups excluding carboxylic acids is 2. The molecule has 1 amide bonds. The van der Waals surface area contributed by atoms with Crippen molar-refractivity contribution in [3.8, 4) is 5.75 Å². The normalized spacial score (nSPS) is 18.5. The van der Waals surface area contributed by atoms with Gasteiger partial charge in [0, 0.05) is 12.1 Å². The first-order valence-corrected chi connectivity index (χ1v) is 8.62. The Labute approximate surface area is 148 Å². The smallest absolute Gasteiger partial charge is 0.338 e. The van der Waals surface area contributed by atoms with E-state index in [0.29, 0.717) is 17.9 Å². The van der Waals surface area contributed by atoms with E-state index >= 15 is 0 Å². The molecule has 1 aromatic rings. The average Bonchev–Trinajstić information content (AvgIpc) is 3.05. The lowest BCUT2D eigenvalue weighted by Crippen LogP contribution is -2.46. The number of amides is 1. The van der Waals surface area contributed by atoms with Gasteiger partial charge in [0.2, 0.25) is 0 Å². The van der Waals surface area contributed by atoms with Gasteiger partial charge in [-0.25, -0.2) is 4.79 Å². The molecule has 2 atom stereocenters. The van der Waals surface area contributed by atoms with E-state index in [9.17, 15) is 9.59 Å². The summed E-state index contributed by atoms with van der Waals surface area (Å²) in [4.78, 5) is 24.1. The molecule has 2 rings (SSSR count). The fraction of sp³-hybridized carbons (Fsp3) is 0.579. The van der Waals surface area contributed by atoms with Gasteiger partial charge in [0.05, 0.1) is 11.7 Å². The Morgan fingerprint density at radius 1 is 1.28 bits per heavy atom. The summed E-state index contributed by atoms with van der Waals surface area (Å²) in [5.41, 5.74) is -0.000344. The van der Waals surface area contributed by atoms with Crippen LogP contribution in [0.3, 0.4) is 0 Å². The lowest BCUT2D eigenvalue weighted by Gasteiger charge is -2.23. The van der Waals surface area contributed by atoms with Crippen LogP contribution in [0.25, 0.3) is 0 Å². The van der Waals surface area contributed by atoms with Crippen molar-refractivity contribution in [2.24, 2.45) is 0 Å². The molecule has 6 nitrogen and oxygen atoms in total. The molecule has 1 N–H and O–H groups in total. The summed E-state index contributed by atoms with van der Waals surface area (Å²) < 4.78 is 16.4. The molecule has 1 fully saturated rings. The molecule has 0 spiro atoms. The predicted octanol–water partition coefficient (Wildman–Crippen LogP) is 2.70. The van der Waals surface area contributed by atoms with E-state index in [-0.39, 0.29) is 17.6 Å². The van der Waals surface area contributed by atoms with Gasteiger partial charge in [0.15, 0.2) is 6.10 Å². The van der Waals surface area contributed by atoms with Crippen LogP contribution in [0.5, 0.6) is 5.75 Å². The average molecular weight is 349 g/mol. The molecule has 25 heavy (non-hydrogen) atoms. The summed E-state index contributed by atoms with van der Waals surface area (Å²) in [6.07, 6.45) is 1.37. The zero-order chi connectivity index (χ0) is 18.4. The third-order valence-electron chi connectivity index (χ3n) is 3.70. The lowest BCUT2D eigenvalue weighted by molar-refractivity contribution is -0.130. The summed E-state index contributed by atoms with van der Waals surface area (Å²) in [5.74, 6) is -0.190. The highest BCUT2D eigenvalue weighted by Crippen LogP contribution is 2.17. The van der Waals surface area contributed by atoms with Crippen molar-refractivity contribution in [1.82, 2.24) is 5.32 Å². The fourth-order valence-electron chi connectivity index (χ4n) is 2.41. The molecule has 0 saturated carbocycles. The highest BCUT2D eigenvalue weighted by Gasteiger charge is 2.23. The summed E-state index contributed by atoms with van der Waals surface area (Å²) in [5, 5.41) is 2.78. The first kappa shape index (κ1) is 19.2. The molecule has 0 aliphatic carbocycles. The molecule has 138 valence electrons. The van der Waals surface area contributed by atoms with E-state index in [1.165, 1.54) is 0 Å². The largest absolute Gasteiger partial charge is 0.491 e. The zero-order valence-electron chi connectivity index (χ0n) is 15.3. The van der Waals surface area contributed by atoms with Crippen LogP contribution < -0.4 is 10.1 Å². The Balaban J connectivity index is 1.83. The fourth-order valence-corrected chi connectivity index (χ4v) is 2.41. The summed E-state index contributed by atoms with van der Waals surface area (Å²) in [6, 6.07) is 6.68. The van der Waals surface area contributed by atoms with Gasteiger partial charge in [-0.05, 0) is 64.8 Å². The second kappa shape index (κ2) is 8.34. The SMILES string of the molecule is C[C@@H](OC(=O)c1ccc(OC[C@@H]2CCCO2)cc1)C(=O)NC(C)(C)C. The molecular formula is C19H27NO5. The van der Waals surface area contributed by atoms with Crippen LogP contribution in [0.1, 0.15) is 50.9 Å². The van der Waals surface area contributed by atoms with Gasteiger partial charge in [0.25, 0.3) is 5.91 Å². The molecule has 1 heterocycles. The van der Waals surface area contributed by atoms with Gasteiger partial charge in [0.1, 0.15) is 12.4 Å². The number of nitrogens with one attached hydrogen (secondary N) is 1. The van der Waals surface area contributed by atoms with Crippen molar-refractivity contribution in [1.29, 1.82) is 0 Å². The minimum atomic E-state index is -0.859. The third kappa shape index (κ3) is 6.38. The number of carbonyl (C=O) groups is 2. The molecule has 0 aromatic heterocycles. The van der Waals surface area contributed by atoms with Crippen molar-refractivity contribution < 1.29 is 23.8 Å². The van der Waals surface area contributed by atoms with Crippen LogP contribution in [-0.2, 0) is 14.3 Å². The van der Waals surface area contributed by atoms with Crippen molar-refractivity contribution in [2.75, 3.05) is 13.2 Å². The van der Waals surface area contributed by atoms with Gasteiger partial charge in [-0.1, -0.05) is 0 Å². The topological polar surface area (TPSA) is 73.9 Å². The minimum absolute atomic E-state index is 0.145. The standard InChI is InChI=1S/C19H27NO5/c1-13(17(21)20-19(2,3)4)25-18(22)14-7-9-15(10-8-14)24-12-16-6-5-11-23-16/h7-10,13,16H,5-6,11-12H2,1-4H3,(H,20,21)/t13-,16+/m1/s1. The van der Waals surface area contributed by atoms with Gasteiger partial charge in [-0.2, -0.15) is 0 Å². The maximum Gasteiger partial charge on any atom is 0.338 e.